The number of anilines is 2. The number of esters is 2. The van der Waals surface area contributed by atoms with Crippen molar-refractivity contribution in [2.24, 2.45) is 0 Å². The Balaban J connectivity index is 1.78. The van der Waals surface area contributed by atoms with E-state index in [1.54, 1.807) is 4.90 Å². The summed E-state index contributed by atoms with van der Waals surface area (Å²) in [6.45, 7) is 0.181. The predicted molar refractivity (Wildman–Crippen MR) is 105 cm³/mol. The molecule has 4 rings (SSSR count). The average molecular weight is 494 g/mol. The van der Waals surface area contributed by atoms with Crippen LogP contribution in [0.3, 0.4) is 0 Å². The van der Waals surface area contributed by atoms with Crippen LogP contribution in [-0.2, 0) is 22.3 Å². The van der Waals surface area contributed by atoms with Crippen LogP contribution in [0.25, 0.3) is 0 Å². The van der Waals surface area contributed by atoms with E-state index in [0.717, 1.165) is 22.2 Å². The SMILES string of the molecule is O=C1Oc2ncc(N(Cc3ccc(Br)cc3)c3ccc(C(F)(F)F)cc3)c(n2)OC1=O. The molecule has 7 nitrogen and oxygen atoms in total. The third-order valence-corrected chi connectivity index (χ3v) is 4.83. The summed E-state index contributed by atoms with van der Waals surface area (Å²) in [5.74, 6) is -2.81. The number of carbonyl (C=O) groups excluding carboxylic acids is 2. The van der Waals surface area contributed by atoms with Crippen molar-refractivity contribution in [2.75, 3.05) is 4.90 Å². The molecule has 1 aromatic heterocycles. The van der Waals surface area contributed by atoms with Gasteiger partial charge in [0.05, 0.1) is 11.8 Å². The van der Waals surface area contributed by atoms with Crippen LogP contribution >= 0.6 is 15.9 Å². The molecule has 1 aliphatic rings. The monoisotopic (exact) mass is 493 g/mol. The summed E-state index contributed by atoms with van der Waals surface area (Å²) >= 11 is 3.34. The highest BCUT2D eigenvalue weighted by atomic mass is 79.9. The first kappa shape index (κ1) is 20.8. The van der Waals surface area contributed by atoms with E-state index < -0.39 is 23.7 Å². The largest absolute Gasteiger partial charge is 0.425 e. The summed E-state index contributed by atoms with van der Waals surface area (Å²) in [4.78, 5) is 32.7. The lowest BCUT2D eigenvalue weighted by Crippen LogP contribution is -2.24. The fraction of sp³-hybridized carbons (Fsp3) is 0.100. The zero-order valence-corrected chi connectivity index (χ0v) is 17.0. The number of hydrogen-bond acceptors (Lipinski definition) is 7. The molecule has 0 saturated heterocycles. The molecule has 0 amide bonds. The molecule has 11 heteroatoms. The van der Waals surface area contributed by atoms with Gasteiger partial charge in [0.25, 0.3) is 5.88 Å². The number of hydrogen-bond donors (Lipinski definition) is 0. The minimum atomic E-state index is -4.49. The molecule has 0 radical (unpaired) electrons. The molecule has 0 spiro atoms. The highest BCUT2D eigenvalue weighted by molar-refractivity contribution is 9.10. The minimum absolute atomic E-state index is 0.165. The molecule has 0 fully saturated rings. The van der Waals surface area contributed by atoms with E-state index in [2.05, 4.69) is 30.6 Å². The van der Waals surface area contributed by atoms with Crippen molar-refractivity contribution in [2.45, 2.75) is 12.7 Å². The van der Waals surface area contributed by atoms with Crippen LogP contribution < -0.4 is 14.4 Å². The Kier molecular flexibility index (Phi) is 5.36. The second-order valence-corrected chi connectivity index (χ2v) is 7.29. The number of halogens is 4. The van der Waals surface area contributed by atoms with Crippen LogP contribution in [0.5, 0.6) is 11.9 Å². The molecule has 31 heavy (non-hydrogen) atoms. The molecule has 0 unspecified atom stereocenters. The predicted octanol–water partition coefficient (Wildman–Crippen LogP) is 4.42. The molecule has 2 bridgehead atoms. The third-order valence-electron chi connectivity index (χ3n) is 4.30. The van der Waals surface area contributed by atoms with Crippen molar-refractivity contribution in [1.29, 1.82) is 0 Å². The summed E-state index contributed by atoms with van der Waals surface area (Å²) < 4.78 is 49.5. The summed E-state index contributed by atoms with van der Waals surface area (Å²) in [6.07, 6.45) is -3.23. The molecule has 0 N–H and O–H groups in total. The third kappa shape index (κ3) is 4.50. The molecule has 158 valence electrons. The maximum atomic E-state index is 13.0. The summed E-state index contributed by atoms with van der Waals surface area (Å²) in [6, 6.07) is 11.3. The van der Waals surface area contributed by atoms with Gasteiger partial charge in [-0.15, -0.1) is 0 Å². The van der Waals surface area contributed by atoms with E-state index in [1.807, 2.05) is 24.3 Å². The topological polar surface area (TPSA) is 81.6 Å². The van der Waals surface area contributed by atoms with Gasteiger partial charge in [-0.05, 0) is 42.0 Å². The van der Waals surface area contributed by atoms with E-state index in [9.17, 15) is 22.8 Å². The van der Waals surface area contributed by atoms with Crippen LogP contribution in [-0.4, -0.2) is 21.9 Å². The normalized spacial score (nSPS) is 13.3. The highest BCUT2D eigenvalue weighted by Gasteiger charge is 2.32. The van der Waals surface area contributed by atoms with Crippen molar-refractivity contribution < 1.29 is 32.2 Å². The smallest absolute Gasteiger partial charge is 0.396 e. The van der Waals surface area contributed by atoms with E-state index in [4.69, 9.17) is 4.74 Å². The number of alkyl halides is 3. The molecule has 0 saturated carbocycles. The Bertz CT molecular complexity index is 1150. The highest BCUT2D eigenvalue weighted by Crippen LogP contribution is 2.37. The lowest BCUT2D eigenvalue weighted by Gasteiger charge is -2.26. The van der Waals surface area contributed by atoms with Crippen LogP contribution in [0.4, 0.5) is 24.5 Å². The number of aromatic nitrogens is 2. The van der Waals surface area contributed by atoms with Crippen molar-refractivity contribution in [1.82, 2.24) is 9.97 Å². The zero-order valence-electron chi connectivity index (χ0n) is 15.4. The Morgan fingerprint density at radius 3 is 2.23 bits per heavy atom. The van der Waals surface area contributed by atoms with E-state index in [-0.39, 0.29) is 24.1 Å². The standard InChI is InChI=1S/C20H11BrF3N3O4/c21-13-5-1-11(2-6-13)10-27(14-7-3-12(4-8-14)20(22,23)24)15-9-25-19-26-16(15)30-17(28)18(29)31-19/h1-9H,10H2. The van der Waals surface area contributed by atoms with E-state index in [1.165, 1.54) is 18.3 Å². The minimum Gasteiger partial charge on any atom is -0.396 e. The number of benzene rings is 2. The molecule has 2 heterocycles. The average Bonchev–Trinajstić information content (AvgIpc) is 2.83. The van der Waals surface area contributed by atoms with Gasteiger partial charge in [0.2, 0.25) is 0 Å². The first-order valence-corrected chi connectivity index (χ1v) is 9.50. The number of fused-ring (bicyclic) bond motifs is 2. The van der Waals surface area contributed by atoms with Gasteiger partial charge in [-0.25, -0.2) is 14.6 Å². The first-order chi connectivity index (χ1) is 14.7. The van der Waals surface area contributed by atoms with Crippen LogP contribution in [0.15, 0.2) is 59.2 Å². The van der Waals surface area contributed by atoms with E-state index in [0.29, 0.717) is 5.69 Å². The molecule has 1 aliphatic heterocycles. The van der Waals surface area contributed by atoms with Gasteiger partial charge >= 0.3 is 24.1 Å². The number of rotatable bonds is 4. The molecule has 2 aromatic carbocycles. The van der Waals surface area contributed by atoms with Gasteiger partial charge < -0.3 is 14.4 Å². The molecule has 0 atom stereocenters. The van der Waals surface area contributed by atoms with Gasteiger partial charge in [-0.2, -0.15) is 18.2 Å². The molecule has 3 aromatic rings. The number of carbonyl (C=O) groups is 2. The quantitative estimate of drug-likeness (QED) is 0.393. The second-order valence-electron chi connectivity index (χ2n) is 6.38. The van der Waals surface area contributed by atoms with Gasteiger partial charge in [-0.3, -0.25) is 0 Å². The van der Waals surface area contributed by atoms with E-state index >= 15 is 0 Å². The Morgan fingerprint density at radius 1 is 0.935 bits per heavy atom. The van der Waals surface area contributed by atoms with Crippen molar-refractivity contribution in [3.63, 3.8) is 0 Å². The Morgan fingerprint density at radius 2 is 1.58 bits per heavy atom. The van der Waals surface area contributed by atoms with Crippen LogP contribution in [0.1, 0.15) is 11.1 Å². The van der Waals surface area contributed by atoms with Crippen LogP contribution in [0, 0.1) is 0 Å². The first-order valence-electron chi connectivity index (χ1n) is 8.71. The number of ether oxygens (including phenoxy) is 2. The Hall–Kier alpha value is -3.47. The van der Waals surface area contributed by atoms with Gasteiger partial charge in [0.15, 0.2) is 0 Å². The van der Waals surface area contributed by atoms with Crippen molar-refractivity contribution in [3.8, 4) is 11.9 Å². The Labute approximate surface area is 181 Å². The maximum absolute atomic E-state index is 13.0. The van der Waals surface area contributed by atoms with Crippen molar-refractivity contribution in [3.05, 3.63) is 70.3 Å². The molecular formula is C20H11BrF3N3O4. The van der Waals surface area contributed by atoms with Gasteiger partial charge in [-0.1, -0.05) is 28.1 Å². The lowest BCUT2D eigenvalue weighted by molar-refractivity contribution is -0.155. The molecule has 0 aliphatic carbocycles. The summed E-state index contributed by atoms with van der Waals surface area (Å²) in [5, 5.41) is 0. The maximum Gasteiger partial charge on any atom is 0.425 e. The van der Waals surface area contributed by atoms with Gasteiger partial charge in [0, 0.05) is 16.7 Å². The fourth-order valence-corrected chi connectivity index (χ4v) is 3.09. The van der Waals surface area contributed by atoms with Gasteiger partial charge in [0.1, 0.15) is 5.69 Å². The fourth-order valence-electron chi connectivity index (χ4n) is 2.83. The summed E-state index contributed by atoms with van der Waals surface area (Å²) in [7, 11) is 0. The second kappa shape index (κ2) is 7.99. The summed E-state index contributed by atoms with van der Waals surface area (Å²) in [5.41, 5.74) is 0.510. The number of nitrogens with zero attached hydrogens (tertiary/aromatic N) is 3. The van der Waals surface area contributed by atoms with Crippen LogP contribution in [0.2, 0.25) is 0 Å². The van der Waals surface area contributed by atoms with Crippen molar-refractivity contribution >= 4 is 39.2 Å². The zero-order chi connectivity index (χ0) is 22.2. The molecular weight excluding hydrogens is 483 g/mol. The lowest BCUT2D eigenvalue weighted by atomic mass is 10.1.